The van der Waals surface area contributed by atoms with Crippen molar-refractivity contribution >= 4 is 11.2 Å². The predicted octanol–water partition coefficient (Wildman–Crippen LogP) is 2.16. The molecule has 0 saturated heterocycles. The molecule has 0 amide bonds. The number of fused-ring (bicyclic) bond motifs is 1. The molecule has 0 spiro atoms. The van der Waals surface area contributed by atoms with Gasteiger partial charge in [-0.25, -0.2) is 18.7 Å². The monoisotopic (exact) mass is 330 g/mol. The van der Waals surface area contributed by atoms with Crippen molar-refractivity contribution in [3.05, 3.63) is 57.2 Å². The maximum Gasteiger partial charge on any atom is 0.337 e. The Morgan fingerprint density at radius 1 is 1.17 bits per heavy atom. The second-order valence-corrected chi connectivity index (χ2v) is 6.11. The standard InChI is InChI=1S/C17H19FN4O2/c1-4-21-16(23)14-15(19-10-20(14)9-11(2)3)22(17(21)24)13-7-5-12(18)6-8-13/h5-8,10-11H,4,9H2,1-3H3. The van der Waals surface area contributed by atoms with Gasteiger partial charge in [0.05, 0.1) is 12.0 Å². The molecule has 0 aliphatic heterocycles. The molecule has 126 valence electrons. The average Bonchev–Trinajstić information content (AvgIpc) is 2.92. The van der Waals surface area contributed by atoms with Crippen LogP contribution in [0.15, 0.2) is 40.2 Å². The van der Waals surface area contributed by atoms with Crippen LogP contribution >= 0.6 is 0 Å². The minimum Gasteiger partial charge on any atom is -0.324 e. The van der Waals surface area contributed by atoms with E-state index in [1.54, 1.807) is 17.8 Å². The van der Waals surface area contributed by atoms with E-state index >= 15 is 0 Å². The van der Waals surface area contributed by atoms with Gasteiger partial charge in [-0.2, -0.15) is 0 Å². The Morgan fingerprint density at radius 2 is 1.83 bits per heavy atom. The maximum atomic E-state index is 13.2. The number of hydrogen-bond donors (Lipinski definition) is 0. The number of nitrogens with zero attached hydrogens (tertiary/aromatic N) is 4. The molecule has 7 heteroatoms. The zero-order valence-electron chi connectivity index (χ0n) is 13.9. The Balaban J connectivity index is 2.40. The third kappa shape index (κ3) is 2.55. The van der Waals surface area contributed by atoms with Crippen molar-refractivity contribution in [2.24, 2.45) is 5.92 Å². The summed E-state index contributed by atoms with van der Waals surface area (Å²) in [7, 11) is 0. The van der Waals surface area contributed by atoms with Gasteiger partial charge in [0, 0.05) is 13.1 Å². The SMILES string of the molecule is CCn1c(=O)c2c(ncn2CC(C)C)n(-c2ccc(F)cc2)c1=O. The third-order valence-corrected chi connectivity index (χ3v) is 3.86. The van der Waals surface area contributed by atoms with Crippen molar-refractivity contribution in [2.75, 3.05) is 0 Å². The molecule has 3 rings (SSSR count). The summed E-state index contributed by atoms with van der Waals surface area (Å²) in [5, 5.41) is 0. The highest BCUT2D eigenvalue weighted by atomic mass is 19.1. The van der Waals surface area contributed by atoms with E-state index in [2.05, 4.69) is 4.98 Å². The van der Waals surface area contributed by atoms with Crippen LogP contribution in [0.3, 0.4) is 0 Å². The van der Waals surface area contributed by atoms with E-state index in [4.69, 9.17) is 0 Å². The number of hydrogen-bond acceptors (Lipinski definition) is 3. The van der Waals surface area contributed by atoms with Crippen LogP contribution in [0.5, 0.6) is 0 Å². The molecule has 2 heterocycles. The van der Waals surface area contributed by atoms with Gasteiger partial charge in [0.2, 0.25) is 0 Å². The molecule has 0 aliphatic carbocycles. The Labute approximate surface area is 137 Å². The summed E-state index contributed by atoms with van der Waals surface area (Å²) >= 11 is 0. The minimum absolute atomic E-state index is 0.252. The zero-order valence-corrected chi connectivity index (χ0v) is 13.9. The predicted molar refractivity (Wildman–Crippen MR) is 90.1 cm³/mol. The molecule has 0 unspecified atom stereocenters. The van der Waals surface area contributed by atoms with Gasteiger partial charge in [0.1, 0.15) is 5.82 Å². The van der Waals surface area contributed by atoms with Crippen molar-refractivity contribution < 1.29 is 4.39 Å². The second kappa shape index (κ2) is 6.07. The molecular formula is C17H19FN4O2. The largest absolute Gasteiger partial charge is 0.337 e. The number of halogens is 1. The molecule has 0 fully saturated rings. The van der Waals surface area contributed by atoms with Crippen LogP contribution in [0.1, 0.15) is 20.8 Å². The summed E-state index contributed by atoms with van der Waals surface area (Å²) in [6.45, 7) is 6.70. The molecule has 6 nitrogen and oxygen atoms in total. The van der Waals surface area contributed by atoms with Crippen molar-refractivity contribution in [1.29, 1.82) is 0 Å². The van der Waals surface area contributed by atoms with Crippen LogP contribution in [0.25, 0.3) is 16.9 Å². The van der Waals surface area contributed by atoms with Gasteiger partial charge in [-0.05, 0) is 37.1 Å². The Bertz CT molecular complexity index is 996. The number of rotatable bonds is 4. The Hall–Kier alpha value is -2.70. The molecule has 3 aromatic rings. The first-order valence-electron chi connectivity index (χ1n) is 7.90. The molecule has 0 radical (unpaired) electrons. The molecule has 24 heavy (non-hydrogen) atoms. The number of benzene rings is 1. The molecule has 0 saturated carbocycles. The summed E-state index contributed by atoms with van der Waals surface area (Å²) in [5.74, 6) is -0.0692. The first kappa shape index (κ1) is 16.2. The van der Waals surface area contributed by atoms with Crippen molar-refractivity contribution in [1.82, 2.24) is 18.7 Å². The van der Waals surface area contributed by atoms with Gasteiger partial charge in [-0.3, -0.25) is 9.36 Å². The van der Waals surface area contributed by atoms with E-state index in [1.165, 1.54) is 33.4 Å². The number of imidazole rings is 1. The molecule has 0 N–H and O–H groups in total. The van der Waals surface area contributed by atoms with Crippen LogP contribution in [-0.4, -0.2) is 18.7 Å². The smallest absolute Gasteiger partial charge is 0.324 e. The Kier molecular flexibility index (Phi) is 4.09. The highest BCUT2D eigenvalue weighted by Crippen LogP contribution is 2.14. The first-order valence-corrected chi connectivity index (χ1v) is 7.90. The van der Waals surface area contributed by atoms with Crippen LogP contribution in [0.4, 0.5) is 4.39 Å². The van der Waals surface area contributed by atoms with Crippen molar-refractivity contribution in [3.8, 4) is 5.69 Å². The fraction of sp³-hybridized carbons (Fsp3) is 0.353. The highest BCUT2D eigenvalue weighted by molar-refractivity contribution is 5.72. The van der Waals surface area contributed by atoms with E-state index in [0.717, 1.165) is 0 Å². The van der Waals surface area contributed by atoms with Crippen LogP contribution in [0.2, 0.25) is 0 Å². The second-order valence-electron chi connectivity index (χ2n) is 6.11. The molecule has 2 aromatic heterocycles. The van der Waals surface area contributed by atoms with Gasteiger partial charge in [-0.1, -0.05) is 13.8 Å². The van der Waals surface area contributed by atoms with E-state index in [-0.39, 0.29) is 12.1 Å². The lowest BCUT2D eigenvalue weighted by Crippen LogP contribution is -2.39. The van der Waals surface area contributed by atoms with Crippen LogP contribution < -0.4 is 11.2 Å². The zero-order chi connectivity index (χ0) is 17.4. The summed E-state index contributed by atoms with van der Waals surface area (Å²) < 4.78 is 17.5. The van der Waals surface area contributed by atoms with Gasteiger partial charge < -0.3 is 4.57 Å². The van der Waals surface area contributed by atoms with E-state index in [9.17, 15) is 14.0 Å². The van der Waals surface area contributed by atoms with E-state index < -0.39 is 11.5 Å². The maximum absolute atomic E-state index is 13.2. The van der Waals surface area contributed by atoms with Crippen LogP contribution in [0, 0.1) is 11.7 Å². The Morgan fingerprint density at radius 3 is 2.42 bits per heavy atom. The molecular weight excluding hydrogens is 311 g/mol. The molecule has 1 aromatic carbocycles. The van der Waals surface area contributed by atoms with E-state index in [0.29, 0.717) is 29.3 Å². The van der Waals surface area contributed by atoms with Crippen molar-refractivity contribution in [3.63, 3.8) is 0 Å². The summed E-state index contributed by atoms with van der Waals surface area (Å²) in [6.07, 6.45) is 1.57. The van der Waals surface area contributed by atoms with Gasteiger partial charge >= 0.3 is 5.69 Å². The fourth-order valence-electron chi connectivity index (χ4n) is 2.81. The lowest BCUT2D eigenvalue weighted by atomic mass is 10.2. The van der Waals surface area contributed by atoms with Gasteiger partial charge in [-0.15, -0.1) is 0 Å². The first-order chi connectivity index (χ1) is 11.4. The van der Waals surface area contributed by atoms with Gasteiger partial charge in [0.25, 0.3) is 5.56 Å². The molecule has 0 atom stereocenters. The summed E-state index contributed by atoms with van der Waals surface area (Å²) in [6, 6.07) is 5.56. The summed E-state index contributed by atoms with van der Waals surface area (Å²) in [4.78, 5) is 29.7. The molecule has 0 aliphatic rings. The highest BCUT2D eigenvalue weighted by Gasteiger charge is 2.18. The third-order valence-electron chi connectivity index (χ3n) is 3.86. The fourth-order valence-corrected chi connectivity index (χ4v) is 2.81. The minimum atomic E-state index is -0.476. The van der Waals surface area contributed by atoms with Crippen molar-refractivity contribution in [2.45, 2.75) is 33.9 Å². The normalized spacial score (nSPS) is 11.5. The lowest BCUT2D eigenvalue weighted by Gasteiger charge is -2.12. The molecule has 0 bridgehead atoms. The van der Waals surface area contributed by atoms with Crippen LogP contribution in [-0.2, 0) is 13.1 Å². The lowest BCUT2D eigenvalue weighted by molar-refractivity contribution is 0.530. The quantitative estimate of drug-likeness (QED) is 0.736. The van der Waals surface area contributed by atoms with E-state index in [1.807, 2.05) is 13.8 Å². The topological polar surface area (TPSA) is 61.8 Å². The number of aromatic nitrogens is 4. The van der Waals surface area contributed by atoms with Gasteiger partial charge in [0.15, 0.2) is 11.2 Å². The average molecular weight is 330 g/mol. The summed E-state index contributed by atoms with van der Waals surface area (Å²) in [5.41, 5.74) is 0.324.